The van der Waals surface area contributed by atoms with Crippen LogP contribution in [-0.4, -0.2) is 66.0 Å². The van der Waals surface area contributed by atoms with Crippen LogP contribution in [0.3, 0.4) is 0 Å². The van der Waals surface area contributed by atoms with Crippen LogP contribution >= 0.6 is 0 Å². The molecule has 1 aromatic rings. The maximum Gasteiger partial charge on any atom is 0.271 e. The van der Waals surface area contributed by atoms with E-state index in [4.69, 9.17) is 4.74 Å². The Morgan fingerprint density at radius 2 is 2.08 bits per heavy atom. The number of nitrogens with zero attached hydrogens (tertiary/aromatic N) is 2. The first-order chi connectivity index (χ1) is 12.0. The summed E-state index contributed by atoms with van der Waals surface area (Å²) < 4.78 is 33.3. The largest absolute Gasteiger partial charge is 0.375 e. The third-order valence-corrected chi connectivity index (χ3v) is 7.49. The highest BCUT2D eigenvalue weighted by atomic mass is 32.2. The van der Waals surface area contributed by atoms with Crippen molar-refractivity contribution in [2.75, 3.05) is 19.7 Å². The van der Waals surface area contributed by atoms with Crippen LogP contribution in [0.4, 0.5) is 0 Å². The van der Waals surface area contributed by atoms with Crippen molar-refractivity contribution in [3.8, 4) is 0 Å². The van der Waals surface area contributed by atoms with E-state index in [0.29, 0.717) is 38.2 Å². The van der Waals surface area contributed by atoms with Gasteiger partial charge in [-0.25, -0.2) is 13.1 Å². The van der Waals surface area contributed by atoms with E-state index in [1.54, 1.807) is 17.2 Å². The number of nitrogens with one attached hydrogen (secondary N) is 2. The summed E-state index contributed by atoms with van der Waals surface area (Å²) in [6, 6.07) is 1.61. The molecular formula is C16H24N4O4S. The molecular weight excluding hydrogens is 344 g/mol. The van der Waals surface area contributed by atoms with Crippen molar-refractivity contribution in [3.63, 3.8) is 0 Å². The van der Waals surface area contributed by atoms with Gasteiger partial charge in [0.15, 0.2) is 0 Å². The molecule has 3 fully saturated rings. The fraction of sp³-hybridized carbons (Fsp3) is 0.750. The van der Waals surface area contributed by atoms with Crippen molar-refractivity contribution in [3.05, 3.63) is 18.0 Å². The minimum Gasteiger partial charge on any atom is -0.375 e. The highest BCUT2D eigenvalue weighted by Crippen LogP contribution is 2.36. The molecule has 1 atom stereocenters. The third-order valence-electron chi connectivity index (χ3n) is 5.48. The summed E-state index contributed by atoms with van der Waals surface area (Å²) in [5.41, 5.74) is 0.176. The predicted octanol–water partition coefficient (Wildman–Crippen LogP) is 0.645. The predicted molar refractivity (Wildman–Crippen MR) is 90.5 cm³/mol. The summed E-state index contributed by atoms with van der Waals surface area (Å²) in [4.78, 5) is 14.2. The number of H-pyrrole nitrogens is 1. The lowest BCUT2D eigenvalue weighted by atomic mass is 9.82. The van der Waals surface area contributed by atoms with E-state index >= 15 is 0 Å². The molecule has 3 heterocycles. The van der Waals surface area contributed by atoms with E-state index in [1.807, 2.05) is 0 Å². The Kier molecular flexibility index (Phi) is 4.33. The van der Waals surface area contributed by atoms with Crippen LogP contribution in [0.25, 0.3) is 0 Å². The highest BCUT2D eigenvalue weighted by Gasteiger charge is 2.44. The zero-order valence-electron chi connectivity index (χ0n) is 14.1. The molecule has 0 bridgehead atoms. The standard InChI is InChI=1S/C16H24N4O4S/c21-15(14-3-7-17-18-14)20-8-5-16(6-9-20)11-12(4-10-24-16)19-25(22,23)13-1-2-13/h3,7,12-13,19H,1-2,4-6,8-11H2,(H,17,18). The summed E-state index contributed by atoms with van der Waals surface area (Å²) >= 11 is 0. The fourth-order valence-corrected chi connectivity index (χ4v) is 5.46. The first kappa shape index (κ1) is 17.0. The minimum atomic E-state index is -3.18. The van der Waals surface area contributed by atoms with Gasteiger partial charge in [-0.05, 0) is 44.6 Å². The number of rotatable bonds is 4. The van der Waals surface area contributed by atoms with Crippen molar-refractivity contribution >= 4 is 15.9 Å². The van der Waals surface area contributed by atoms with Gasteiger partial charge in [-0.3, -0.25) is 9.89 Å². The van der Waals surface area contributed by atoms with Crippen LogP contribution in [0.1, 0.15) is 49.0 Å². The molecule has 4 rings (SSSR count). The lowest BCUT2D eigenvalue weighted by Gasteiger charge is -2.46. The lowest BCUT2D eigenvalue weighted by molar-refractivity contribution is -0.113. The summed E-state index contributed by atoms with van der Waals surface area (Å²) in [7, 11) is -3.18. The molecule has 1 saturated carbocycles. The van der Waals surface area contributed by atoms with Gasteiger partial charge in [0.2, 0.25) is 10.0 Å². The van der Waals surface area contributed by atoms with Crippen LogP contribution in [0.5, 0.6) is 0 Å². The molecule has 138 valence electrons. The summed E-state index contributed by atoms with van der Waals surface area (Å²) in [6.07, 6.45) is 5.97. The van der Waals surface area contributed by atoms with Crippen molar-refractivity contribution in [2.45, 2.75) is 55.4 Å². The molecule has 0 radical (unpaired) electrons. The van der Waals surface area contributed by atoms with Crippen LogP contribution in [-0.2, 0) is 14.8 Å². The fourth-order valence-electron chi connectivity index (χ4n) is 3.85. The maximum absolute atomic E-state index is 12.4. The molecule has 8 nitrogen and oxygen atoms in total. The molecule has 9 heteroatoms. The smallest absolute Gasteiger partial charge is 0.271 e. The molecule has 2 saturated heterocycles. The summed E-state index contributed by atoms with van der Waals surface area (Å²) in [5.74, 6) is -0.0471. The minimum absolute atomic E-state index is 0.0471. The van der Waals surface area contributed by atoms with Crippen molar-refractivity contribution in [1.82, 2.24) is 19.8 Å². The Morgan fingerprint density at radius 3 is 2.72 bits per heavy atom. The molecule has 1 unspecified atom stereocenters. The zero-order chi connectivity index (χ0) is 17.5. The molecule has 0 aromatic carbocycles. The number of piperidine rings is 1. The first-order valence-electron chi connectivity index (χ1n) is 8.91. The van der Waals surface area contributed by atoms with Crippen molar-refractivity contribution in [1.29, 1.82) is 0 Å². The Bertz CT molecular complexity index is 721. The highest BCUT2D eigenvalue weighted by molar-refractivity contribution is 7.90. The van der Waals surface area contributed by atoms with E-state index < -0.39 is 10.0 Å². The molecule has 3 aliphatic rings. The van der Waals surface area contributed by atoms with Crippen LogP contribution < -0.4 is 4.72 Å². The number of aromatic nitrogens is 2. The van der Waals surface area contributed by atoms with Crippen LogP contribution in [0, 0.1) is 0 Å². The number of carbonyl (C=O) groups excluding carboxylic acids is 1. The van der Waals surface area contributed by atoms with Crippen molar-refractivity contribution in [2.24, 2.45) is 0 Å². The summed E-state index contributed by atoms with van der Waals surface area (Å²) in [5, 5.41) is 6.33. The van der Waals surface area contributed by atoms with Crippen LogP contribution in [0.15, 0.2) is 12.3 Å². The number of aromatic amines is 1. The van der Waals surface area contributed by atoms with Gasteiger partial charge >= 0.3 is 0 Å². The number of hydrogen-bond donors (Lipinski definition) is 2. The molecule has 1 spiro atoms. The van der Waals surface area contributed by atoms with Gasteiger partial charge in [-0.15, -0.1) is 0 Å². The number of amides is 1. The van der Waals surface area contributed by atoms with Gasteiger partial charge in [-0.1, -0.05) is 0 Å². The zero-order valence-corrected chi connectivity index (χ0v) is 14.9. The second kappa shape index (κ2) is 6.37. The van der Waals surface area contributed by atoms with E-state index in [0.717, 1.165) is 25.7 Å². The second-order valence-electron chi connectivity index (χ2n) is 7.35. The monoisotopic (exact) mass is 368 g/mol. The number of hydrogen-bond acceptors (Lipinski definition) is 5. The Labute approximate surface area is 147 Å². The number of sulfonamides is 1. The Morgan fingerprint density at radius 1 is 1.32 bits per heavy atom. The van der Waals surface area contributed by atoms with Gasteiger partial charge < -0.3 is 9.64 Å². The topological polar surface area (TPSA) is 104 Å². The van der Waals surface area contributed by atoms with Crippen molar-refractivity contribution < 1.29 is 17.9 Å². The molecule has 25 heavy (non-hydrogen) atoms. The van der Waals surface area contributed by atoms with Crippen LogP contribution in [0.2, 0.25) is 0 Å². The second-order valence-corrected chi connectivity index (χ2v) is 9.34. The van der Waals surface area contributed by atoms with Gasteiger partial charge in [0.1, 0.15) is 5.69 Å². The third kappa shape index (κ3) is 3.58. The van der Waals surface area contributed by atoms with E-state index in [9.17, 15) is 13.2 Å². The SMILES string of the molecule is O=C(c1ccn[nH]1)N1CCC2(CC1)CC(NS(=O)(=O)C1CC1)CCO2. The van der Waals surface area contributed by atoms with Gasteiger partial charge in [0.25, 0.3) is 5.91 Å². The van der Waals surface area contributed by atoms with E-state index in [2.05, 4.69) is 14.9 Å². The van der Waals surface area contributed by atoms with Gasteiger partial charge in [0.05, 0.1) is 10.9 Å². The number of likely N-dealkylation sites (tertiary alicyclic amines) is 1. The summed E-state index contributed by atoms with van der Waals surface area (Å²) in [6.45, 7) is 1.78. The Balaban J connectivity index is 1.36. The maximum atomic E-state index is 12.4. The Hall–Kier alpha value is -1.45. The lowest BCUT2D eigenvalue weighted by Crippen LogP contribution is -2.54. The molecule has 1 aliphatic carbocycles. The average molecular weight is 368 g/mol. The van der Waals surface area contributed by atoms with E-state index in [1.165, 1.54) is 0 Å². The molecule has 1 aromatic heterocycles. The average Bonchev–Trinajstić information content (AvgIpc) is 3.32. The normalized spacial score (nSPS) is 26.7. The van der Waals surface area contributed by atoms with E-state index in [-0.39, 0.29) is 22.8 Å². The first-order valence-corrected chi connectivity index (χ1v) is 10.5. The molecule has 1 amide bonds. The number of carbonyl (C=O) groups is 1. The van der Waals surface area contributed by atoms with Gasteiger partial charge in [0, 0.05) is 31.9 Å². The molecule has 2 aliphatic heterocycles. The number of ether oxygens (including phenoxy) is 1. The quantitative estimate of drug-likeness (QED) is 0.812. The van der Waals surface area contributed by atoms with Gasteiger partial charge in [-0.2, -0.15) is 5.10 Å². The molecule has 2 N–H and O–H groups in total.